The number of nitrogens with zero attached hydrogens (tertiary/aromatic N) is 2. The summed E-state index contributed by atoms with van der Waals surface area (Å²) in [6, 6.07) is 3.71. The van der Waals surface area contributed by atoms with Gasteiger partial charge in [0, 0.05) is 31.2 Å². The van der Waals surface area contributed by atoms with Gasteiger partial charge in [0.2, 0.25) is 5.91 Å². The summed E-state index contributed by atoms with van der Waals surface area (Å²) in [5, 5.41) is -0.360. The molecule has 0 aromatic carbocycles. The van der Waals surface area contributed by atoms with Gasteiger partial charge in [-0.05, 0) is 12.1 Å². The van der Waals surface area contributed by atoms with Crippen molar-refractivity contribution in [1.29, 1.82) is 0 Å². The van der Waals surface area contributed by atoms with E-state index in [0.717, 1.165) is 0 Å². The number of sulfone groups is 1. The average molecular weight is 256 g/mol. The molecular weight excluding hydrogens is 240 g/mol. The van der Waals surface area contributed by atoms with Crippen LogP contribution in [0.5, 0.6) is 0 Å². The Morgan fingerprint density at radius 2 is 1.88 bits per heavy atom. The second-order valence-electron chi connectivity index (χ2n) is 4.23. The maximum atomic E-state index is 11.8. The van der Waals surface area contributed by atoms with E-state index < -0.39 is 9.84 Å². The highest BCUT2D eigenvalue weighted by molar-refractivity contribution is 7.92. The molecule has 94 valence electrons. The molecule has 1 saturated heterocycles. The quantitative estimate of drug-likeness (QED) is 0.769. The molecule has 0 bridgehead atoms. The summed E-state index contributed by atoms with van der Waals surface area (Å²) in [5.74, 6) is 0.126. The monoisotopic (exact) mass is 256 g/mol. The molecule has 6 heteroatoms. The Morgan fingerprint density at radius 3 is 2.41 bits per heavy atom. The molecule has 0 atom stereocenters. The van der Waals surface area contributed by atoms with Crippen LogP contribution < -0.4 is 0 Å². The maximum Gasteiger partial charge on any atom is 0.242 e. The molecule has 17 heavy (non-hydrogen) atoms. The molecule has 0 saturated carbocycles. The van der Waals surface area contributed by atoms with E-state index in [4.69, 9.17) is 0 Å². The first-order valence-electron chi connectivity index (χ1n) is 5.63. The zero-order valence-corrected chi connectivity index (χ0v) is 10.6. The number of amides is 1. The van der Waals surface area contributed by atoms with E-state index in [9.17, 15) is 13.2 Å². The van der Waals surface area contributed by atoms with E-state index in [1.54, 1.807) is 16.4 Å². The molecule has 0 aliphatic carbocycles. The van der Waals surface area contributed by atoms with E-state index in [-0.39, 0.29) is 23.5 Å². The first-order valence-corrected chi connectivity index (χ1v) is 7.34. The van der Waals surface area contributed by atoms with Crippen molar-refractivity contribution >= 4 is 15.7 Å². The molecule has 0 N–H and O–H groups in total. The molecule has 1 aliphatic heterocycles. The van der Waals surface area contributed by atoms with Crippen molar-refractivity contribution in [3.8, 4) is 0 Å². The molecule has 2 heterocycles. The normalized spacial score (nSPS) is 16.9. The SMILES string of the molecule is CCS(=O)(=O)C1CN(C(=O)Cn2cccc2)C1. The van der Waals surface area contributed by atoms with Crippen LogP contribution in [-0.4, -0.2) is 47.9 Å². The van der Waals surface area contributed by atoms with Gasteiger partial charge in [0.05, 0.1) is 5.25 Å². The van der Waals surface area contributed by atoms with Crippen LogP contribution in [0.15, 0.2) is 24.5 Å². The fourth-order valence-electron chi connectivity index (χ4n) is 1.84. The van der Waals surface area contributed by atoms with Gasteiger partial charge in [-0.2, -0.15) is 0 Å². The molecule has 0 spiro atoms. The summed E-state index contributed by atoms with van der Waals surface area (Å²) in [6.07, 6.45) is 3.63. The van der Waals surface area contributed by atoms with Crippen molar-refractivity contribution < 1.29 is 13.2 Å². The number of aromatic nitrogens is 1. The first kappa shape index (κ1) is 12.2. The zero-order chi connectivity index (χ0) is 12.5. The fraction of sp³-hybridized carbons (Fsp3) is 0.545. The van der Waals surface area contributed by atoms with Gasteiger partial charge < -0.3 is 9.47 Å². The van der Waals surface area contributed by atoms with Crippen LogP contribution in [0.2, 0.25) is 0 Å². The first-order chi connectivity index (χ1) is 8.03. The van der Waals surface area contributed by atoms with Crippen LogP contribution in [0, 0.1) is 0 Å². The predicted octanol–water partition coefficient (Wildman–Crippen LogP) is 0.134. The summed E-state index contributed by atoms with van der Waals surface area (Å²) >= 11 is 0. The van der Waals surface area contributed by atoms with Crippen LogP contribution in [0.4, 0.5) is 0 Å². The molecule has 5 nitrogen and oxygen atoms in total. The summed E-state index contributed by atoms with van der Waals surface area (Å²) in [5.41, 5.74) is 0. The van der Waals surface area contributed by atoms with E-state index in [1.807, 2.05) is 24.5 Å². The Labute approximate surface area is 101 Å². The van der Waals surface area contributed by atoms with Crippen molar-refractivity contribution in [2.45, 2.75) is 18.7 Å². The molecule has 1 aromatic rings. The number of likely N-dealkylation sites (tertiary alicyclic amines) is 1. The molecular formula is C11H16N2O3S. The number of rotatable bonds is 4. The highest BCUT2D eigenvalue weighted by Gasteiger charge is 2.38. The van der Waals surface area contributed by atoms with Gasteiger partial charge in [-0.3, -0.25) is 4.79 Å². The maximum absolute atomic E-state index is 11.8. The molecule has 1 fully saturated rings. The second-order valence-corrected chi connectivity index (χ2v) is 6.80. The highest BCUT2D eigenvalue weighted by Crippen LogP contribution is 2.17. The van der Waals surface area contributed by atoms with Crippen LogP contribution in [-0.2, 0) is 21.2 Å². The Hall–Kier alpha value is -1.30. The molecule has 1 aromatic heterocycles. The lowest BCUT2D eigenvalue weighted by molar-refractivity contribution is -0.134. The minimum Gasteiger partial charge on any atom is -0.345 e. The Kier molecular flexibility index (Phi) is 3.24. The fourth-order valence-corrected chi connectivity index (χ4v) is 3.12. The smallest absolute Gasteiger partial charge is 0.242 e. The summed E-state index contributed by atoms with van der Waals surface area (Å²) in [6.45, 7) is 2.61. The van der Waals surface area contributed by atoms with Gasteiger partial charge in [0.1, 0.15) is 6.54 Å². The second kappa shape index (κ2) is 4.52. The lowest BCUT2D eigenvalue weighted by atomic mass is 10.2. The van der Waals surface area contributed by atoms with Gasteiger partial charge in [0.25, 0.3) is 0 Å². The molecule has 0 radical (unpaired) electrons. The van der Waals surface area contributed by atoms with Gasteiger partial charge >= 0.3 is 0 Å². The van der Waals surface area contributed by atoms with Crippen molar-refractivity contribution in [3.63, 3.8) is 0 Å². The van der Waals surface area contributed by atoms with Gasteiger partial charge in [-0.1, -0.05) is 6.92 Å². The van der Waals surface area contributed by atoms with Crippen molar-refractivity contribution in [3.05, 3.63) is 24.5 Å². The predicted molar refractivity (Wildman–Crippen MR) is 64.3 cm³/mol. The van der Waals surface area contributed by atoms with Crippen molar-refractivity contribution in [1.82, 2.24) is 9.47 Å². The Bertz CT molecular complexity index is 487. The zero-order valence-electron chi connectivity index (χ0n) is 9.74. The van der Waals surface area contributed by atoms with Crippen LogP contribution in [0.1, 0.15) is 6.92 Å². The minimum atomic E-state index is -2.99. The van der Waals surface area contributed by atoms with Crippen LogP contribution in [0.3, 0.4) is 0 Å². The molecule has 1 aliphatic rings. The summed E-state index contributed by atoms with van der Waals surface area (Å²) in [7, 11) is -2.99. The molecule has 1 amide bonds. The minimum absolute atomic E-state index is 0.0243. The third kappa shape index (κ3) is 2.52. The number of hydrogen-bond acceptors (Lipinski definition) is 3. The van der Waals surface area contributed by atoms with Gasteiger partial charge in [-0.15, -0.1) is 0 Å². The summed E-state index contributed by atoms with van der Waals surface area (Å²) < 4.78 is 24.8. The lowest BCUT2D eigenvalue weighted by Crippen LogP contribution is -2.57. The largest absolute Gasteiger partial charge is 0.345 e. The topological polar surface area (TPSA) is 59.4 Å². The van der Waals surface area contributed by atoms with E-state index >= 15 is 0 Å². The lowest BCUT2D eigenvalue weighted by Gasteiger charge is -2.38. The van der Waals surface area contributed by atoms with E-state index in [2.05, 4.69) is 0 Å². The van der Waals surface area contributed by atoms with E-state index in [1.165, 1.54) is 0 Å². The number of carbonyl (C=O) groups is 1. The highest BCUT2D eigenvalue weighted by atomic mass is 32.2. The van der Waals surface area contributed by atoms with Crippen LogP contribution in [0.25, 0.3) is 0 Å². The Morgan fingerprint density at radius 1 is 1.29 bits per heavy atom. The van der Waals surface area contributed by atoms with Crippen LogP contribution >= 0.6 is 0 Å². The summed E-state index contributed by atoms with van der Waals surface area (Å²) in [4.78, 5) is 13.4. The third-order valence-corrected chi connectivity index (χ3v) is 5.21. The van der Waals surface area contributed by atoms with Crippen molar-refractivity contribution in [2.75, 3.05) is 18.8 Å². The molecule has 0 unspecified atom stereocenters. The Balaban J connectivity index is 1.86. The van der Waals surface area contributed by atoms with E-state index in [0.29, 0.717) is 13.1 Å². The third-order valence-electron chi connectivity index (χ3n) is 3.10. The van der Waals surface area contributed by atoms with Gasteiger partial charge in [0.15, 0.2) is 9.84 Å². The average Bonchev–Trinajstić information content (AvgIpc) is 2.67. The number of hydrogen-bond donors (Lipinski definition) is 0. The standard InChI is InChI=1S/C11H16N2O3S/c1-2-17(15,16)10-7-13(8-10)11(14)9-12-5-3-4-6-12/h3-6,10H,2,7-9H2,1H3. The van der Waals surface area contributed by atoms with Gasteiger partial charge in [-0.25, -0.2) is 8.42 Å². The van der Waals surface area contributed by atoms with Crippen molar-refractivity contribution in [2.24, 2.45) is 0 Å². The molecule has 2 rings (SSSR count). The number of carbonyl (C=O) groups excluding carboxylic acids is 1.